The molecule has 0 aromatic heterocycles. The average Bonchev–Trinajstić information content (AvgIpc) is 3.44. The van der Waals surface area contributed by atoms with E-state index in [9.17, 15) is 17.6 Å². The van der Waals surface area contributed by atoms with Crippen molar-refractivity contribution in [2.45, 2.75) is 57.7 Å². The summed E-state index contributed by atoms with van der Waals surface area (Å²) in [5.41, 5.74) is -0.468. The number of hydrogen-bond acceptors (Lipinski definition) is 4. The van der Waals surface area contributed by atoms with E-state index in [-0.39, 0.29) is 17.5 Å². The van der Waals surface area contributed by atoms with Crippen LogP contribution in [0.15, 0.2) is 42.5 Å². The van der Waals surface area contributed by atoms with Gasteiger partial charge >= 0.3 is 6.09 Å². The van der Waals surface area contributed by atoms with E-state index >= 15 is 4.39 Å². The first kappa shape index (κ1) is 24.6. The molecule has 1 N–H and O–H groups in total. The number of nitrogens with zero attached hydrogens (tertiary/aromatic N) is 1. The Hall–Kier alpha value is -2.52. The van der Waals surface area contributed by atoms with Crippen LogP contribution in [-0.4, -0.2) is 49.9 Å². The number of rotatable bonds is 5. The fourth-order valence-electron chi connectivity index (χ4n) is 4.80. The van der Waals surface area contributed by atoms with Crippen LogP contribution in [0, 0.1) is 17.0 Å². The van der Waals surface area contributed by atoms with E-state index in [1.54, 1.807) is 51.1 Å². The van der Waals surface area contributed by atoms with Crippen LogP contribution in [0.25, 0.3) is 11.1 Å². The van der Waals surface area contributed by atoms with Gasteiger partial charge in [-0.25, -0.2) is 26.7 Å². The second kappa shape index (κ2) is 8.61. The monoisotopic (exact) mass is 492 g/mol. The molecule has 1 amide bonds. The van der Waals surface area contributed by atoms with Gasteiger partial charge in [-0.3, -0.25) is 0 Å². The fourth-order valence-corrected chi connectivity index (χ4v) is 5.67. The molecular weight excluding hydrogens is 462 g/mol. The summed E-state index contributed by atoms with van der Waals surface area (Å²) in [6, 6.07) is 9.55. The third kappa shape index (κ3) is 5.25. The number of halogens is 2. The average molecular weight is 493 g/mol. The van der Waals surface area contributed by atoms with E-state index in [0.717, 1.165) is 31.2 Å². The third-order valence-electron chi connectivity index (χ3n) is 6.42. The van der Waals surface area contributed by atoms with Crippen molar-refractivity contribution in [2.24, 2.45) is 5.41 Å². The lowest BCUT2D eigenvalue weighted by atomic mass is 9.91. The number of hydrogen-bond donors (Lipinski definition) is 1. The molecule has 2 atom stereocenters. The molecule has 1 saturated carbocycles. The van der Waals surface area contributed by atoms with Gasteiger partial charge in [0.05, 0.1) is 12.3 Å². The van der Waals surface area contributed by atoms with Crippen LogP contribution in [0.5, 0.6) is 0 Å². The molecule has 1 saturated heterocycles. The number of carbonyl (C=O) groups excluding carboxylic acids is 1. The van der Waals surface area contributed by atoms with Crippen molar-refractivity contribution in [3.05, 3.63) is 59.7 Å². The standard InChI is InChI=1S/C25H30F2N2O4S/c1-24(2,3)33-23(30)29-15-25(10-11-25)22(28-34(4,31)32)20(29)13-17-12-18(26)14-19(21(17)27)16-8-6-5-7-9-16/h5-9,12,14,20,22,28H,10-11,13,15H2,1-4H3/t20-,22+/m0/s1. The number of ether oxygens (including phenoxy) is 1. The van der Waals surface area contributed by atoms with E-state index < -0.39 is 50.9 Å². The Morgan fingerprint density at radius 1 is 1.18 bits per heavy atom. The molecule has 0 radical (unpaired) electrons. The van der Waals surface area contributed by atoms with Gasteiger partial charge in [-0.05, 0) is 63.3 Å². The molecular formula is C25H30F2N2O4S. The fraction of sp³-hybridized carbons (Fsp3) is 0.480. The van der Waals surface area contributed by atoms with Crippen LogP contribution < -0.4 is 4.72 Å². The number of sulfonamides is 1. The maximum absolute atomic E-state index is 15.6. The number of carbonyl (C=O) groups is 1. The quantitative estimate of drug-likeness (QED) is 0.667. The molecule has 1 spiro atoms. The van der Waals surface area contributed by atoms with Crippen molar-refractivity contribution in [3.8, 4) is 11.1 Å². The molecule has 6 nitrogen and oxygen atoms in total. The lowest BCUT2D eigenvalue weighted by Crippen LogP contribution is -2.50. The van der Waals surface area contributed by atoms with E-state index in [0.29, 0.717) is 12.1 Å². The zero-order chi connectivity index (χ0) is 24.9. The van der Waals surface area contributed by atoms with Gasteiger partial charge < -0.3 is 9.64 Å². The molecule has 2 aliphatic rings. The van der Waals surface area contributed by atoms with E-state index in [1.165, 1.54) is 4.90 Å². The second-order valence-corrected chi connectivity index (χ2v) is 12.2. The molecule has 1 aliphatic heterocycles. The molecule has 0 bridgehead atoms. The molecule has 2 fully saturated rings. The van der Waals surface area contributed by atoms with E-state index in [1.807, 2.05) is 0 Å². The van der Waals surface area contributed by atoms with Crippen molar-refractivity contribution in [1.82, 2.24) is 9.62 Å². The number of likely N-dealkylation sites (tertiary alicyclic amines) is 1. The topological polar surface area (TPSA) is 75.7 Å². The zero-order valence-corrected chi connectivity index (χ0v) is 20.6. The minimum atomic E-state index is -3.61. The summed E-state index contributed by atoms with van der Waals surface area (Å²) in [5.74, 6) is -1.20. The smallest absolute Gasteiger partial charge is 0.410 e. The van der Waals surface area contributed by atoms with Gasteiger partial charge in [0, 0.05) is 23.6 Å². The van der Waals surface area contributed by atoms with Gasteiger partial charge in [-0.1, -0.05) is 30.3 Å². The van der Waals surface area contributed by atoms with Gasteiger partial charge in [0.15, 0.2) is 0 Å². The highest BCUT2D eigenvalue weighted by molar-refractivity contribution is 7.88. The van der Waals surface area contributed by atoms with Crippen molar-refractivity contribution in [2.75, 3.05) is 12.8 Å². The van der Waals surface area contributed by atoms with Gasteiger partial charge in [0.2, 0.25) is 10.0 Å². The molecule has 0 unspecified atom stereocenters. The van der Waals surface area contributed by atoms with Crippen LogP contribution in [0.1, 0.15) is 39.2 Å². The minimum absolute atomic E-state index is 0.0579. The highest BCUT2D eigenvalue weighted by Crippen LogP contribution is 2.55. The zero-order valence-electron chi connectivity index (χ0n) is 19.8. The Bertz CT molecular complexity index is 1190. The Kier molecular flexibility index (Phi) is 6.23. The van der Waals surface area contributed by atoms with Crippen LogP contribution >= 0.6 is 0 Å². The predicted molar refractivity (Wildman–Crippen MR) is 126 cm³/mol. The number of benzene rings is 2. The SMILES string of the molecule is CC(C)(C)OC(=O)N1CC2(CC2)[C@H](NS(C)(=O)=O)[C@@H]1Cc1cc(F)cc(-c2ccccc2)c1F. The Morgan fingerprint density at radius 3 is 2.38 bits per heavy atom. The molecule has 2 aromatic rings. The maximum Gasteiger partial charge on any atom is 0.410 e. The Balaban J connectivity index is 1.74. The summed E-state index contributed by atoms with van der Waals surface area (Å²) in [7, 11) is -3.61. The maximum atomic E-state index is 15.6. The first-order chi connectivity index (χ1) is 15.8. The van der Waals surface area contributed by atoms with Crippen molar-refractivity contribution in [1.29, 1.82) is 0 Å². The summed E-state index contributed by atoms with van der Waals surface area (Å²) in [5, 5.41) is 0. The highest BCUT2D eigenvalue weighted by Gasteiger charge is 2.61. The van der Waals surface area contributed by atoms with Crippen molar-refractivity contribution < 1.29 is 26.7 Å². The van der Waals surface area contributed by atoms with Crippen LogP contribution in [0.3, 0.4) is 0 Å². The van der Waals surface area contributed by atoms with Crippen LogP contribution in [0.2, 0.25) is 0 Å². The van der Waals surface area contributed by atoms with Gasteiger partial charge in [0.1, 0.15) is 17.2 Å². The van der Waals surface area contributed by atoms with Crippen molar-refractivity contribution in [3.63, 3.8) is 0 Å². The number of nitrogens with one attached hydrogen (secondary N) is 1. The predicted octanol–water partition coefficient (Wildman–Crippen LogP) is 4.49. The summed E-state index contributed by atoms with van der Waals surface area (Å²) in [6.45, 7) is 5.52. The molecule has 1 heterocycles. The summed E-state index contributed by atoms with van der Waals surface area (Å²) < 4.78 is 62.8. The molecule has 2 aromatic carbocycles. The first-order valence-corrected chi connectivity index (χ1v) is 13.2. The third-order valence-corrected chi connectivity index (χ3v) is 7.10. The van der Waals surface area contributed by atoms with Crippen LogP contribution in [-0.2, 0) is 21.2 Å². The van der Waals surface area contributed by atoms with Gasteiger partial charge in [0.25, 0.3) is 0 Å². The Labute approximate surface area is 199 Å². The highest BCUT2D eigenvalue weighted by atomic mass is 32.2. The normalized spacial score (nSPS) is 21.6. The molecule has 184 valence electrons. The van der Waals surface area contributed by atoms with Gasteiger partial charge in [-0.15, -0.1) is 0 Å². The molecule has 9 heteroatoms. The van der Waals surface area contributed by atoms with E-state index in [2.05, 4.69) is 4.72 Å². The van der Waals surface area contributed by atoms with E-state index in [4.69, 9.17) is 4.74 Å². The second-order valence-electron chi connectivity index (χ2n) is 10.4. The summed E-state index contributed by atoms with van der Waals surface area (Å²) in [6.07, 6.45) is 1.87. The molecule has 34 heavy (non-hydrogen) atoms. The lowest BCUT2D eigenvalue weighted by molar-refractivity contribution is 0.0213. The molecule has 4 rings (SSSR count). The van der Waals surface area contributed by atoms with Gasteiger partial charge in [-0.2, -0.15) is 0 Å². The first-order valence-electron chi connectivity index (χ1n) is 11.3. The minimum Gasteiger partial charge on any atom is -0.444 e. The number of amides is 1. The van der Waals surface area contributed by atoms with Crippen LogP contribution in [0.4, 0.5) is 13.6 Å². The Morgan fingerprint density at radius 2 is 1.82 bits per heavy atom. The lowest BCUT2D eigenvalue weighted by Gasteiger charge is -2.31. The summed E-state index contributed by atoms with van der Waals surface area (Å²) in [4.78, 5) is 14.6. The largest absolute Gasteiger partial charge is 0.444 e. The molecule has 1 aliphatic carbocycles. The summed E-state index contributed by atoms with van der Waals surface area (Å²) >= 11 is 0. The van der Waals surface area contributed by atoms with Crippen molar-refractivity contribution >= 4 is 16.1 Å².